The van der Waals surface area contributed by atoms with Crippen molar-refractivity contribution in [2.75, 3.05) is 11.4 Å². The van der Waals surface area contributed by atoms with Crippen LogP contribution in [0.3, 0.4) is 0 Å². The number of aromatic nitrogens is 1. The molecule has 0 bridgehead atoms. The minimum Gasteiger partial charge on any atom is -0.348 e. The van der Waals surface area contributed by atoms with Gasteiger partial charge in [-0.3, -0.25) is 4.98 Å². The quantitative estimate of drug-likeness (QED) is 0.884. The zero-order valence-electron chi connectivity index (χ0n) is 12.3. The molecule has 1 aromatic rings. The van der Waals surface area contributed by atoms with Crippen LogP contribution in [-0.2, 0) is 0 Å². The van der Waals surface area contributed by atoms with Crippen molar-refractivity contribution < 1.29 is 0 Å². The van der Waals surface area contributed by atoms with E-state index in [9.17, 15) is 0 Å². The van der Waals surface area contributed by atoms with E-state index in [1.54, 1.807) is 0 Å². The van der Waals surface area contributed by atoms with Crippen molar-refractivity contribution in [2.24, 2.45) is 5.73 Å². The second-order valence-electron chi connectivity index (χ2n) is 5.76. The van der Waals surface area contributed by atoms with Gasteiger partial charge in [0.15, 0.2) is 0 Å². The summed E-state index contributed by atoms with van der Waals surface area (Å²) in [7, 11) is 0. The average Bonchev–Trinajstić information content (AvgIpc) is 2.96. The first-order valence-electron chi connectivity index (χ1n) is 7.63. The molecule has 3 atom stereocenters. The Balaban J connectivity index is 1.99. The molecule has 2 aliphatic heterocycles. The smallest absolute Gasteiger partial charge is 0.0968 e. The molecule has 4 nitrogen and oxygen atoms in total. The molecular weight excluding hydrogens is 248 g/mol. The average molecular weight is 272 g/mol. The van der Waals surface area contributed by atoms with Gasteiger partial charge in [0.05, 0.1) is 6.17 Å². The molecule has 108 valence electrons. The predicted octanol–water partition coefficient (Wildman–Crippen LogP) is 2.04. The van der Waals surface area contributed by atoms with Crippen LogP contribution in [-0.4, -0.2) is 29.8 Å². The number of anilines is 1. The van der Waals surface area contributed by atoms with Crippen LogP contribution >= 0.6 is 0 Å². The normalized spacial score (nSPS) is 26.6. The zero-order valence-corrected chi connectivity index (χ0v) is 12.3. The van der Waals surface area contributed by atoms with Crippen LogP contribution in [0.25, 0.3) is 6.08 Å². The molecule has 3 rings (SSSR count). The van der Waals surface area contributed by atoms with Crippen molar-refractivity contribution in [1.29, 1.82) is 0 Å². The maximum absolute atomic E-state index is 6.38. The number of nitrogens with zero attached hydrogens (tertiary/aromatic N) is 2. The number of hydrogen-bond donors (Lipinski definition) is 2. The lowest BCUT2D eigenvalue weighted by atomic mass is 9.96. The van der Waals surface area contributed by atoms with Gasteiger partial charge in [0.25, 0.3) is 0 Å². The van der Waals surface area contributed by atoms with E-state index in [4.69, 9.17) is 5.73 Å². The van der Waals surface area contributed by atoms with Crippen molar-refractivity contribution >= 4 is 11.8 Å². The Hall–Kier alpha value is -1.39. The highest BCUT2D eigenvalue weighted by Gasteiger charge is 2.33. The first-order valence-corrected chi connectivity index (χ1v) is 7.63. The summed E-state index contributed by atoms with van der Waals surface area (Å²) in [5, 5.41) is 3.63. The van der Waals surface area contributed by atoms with Crippen molar-refractivity contribution in [3.63, 3.8) is 0 Å². The highest BCUT2D eigenvalue weighted by Crippen LogP contribution is 2.33. The number of nitrogens with one attached hydrogen (secondary N) is 1. The van der Waals surface area contributed by atoms with Gasteiger partial charge in [-0.15, -0.1) is 0 Å². The number of fused-ring (bicyclic) bond motifs is 1. The maximum Gasteiger partial charge on any atom is 0.0968 e. The summed E-state index contributed by atoms with van der Waals surface area (Å²) < 4.78 is 0. The van der Waals surface area contributed by atoms with Gasteiger partial charge in [-0.25, -0.2) is 0 Å². The Bertz CT molecular complexity index is 505. The van der Waals surface area contributed by atoms with Gasteiger partial charge in [0.1, 0.15) is 0 Å². The Kier molecular flexibility index (Phi) is 3.76. The van der Waals surface area contributed by atoms with E-state index < -0.39 is 0 Å². The fourth-order valence-electron chi connectivity index (χ4n) is 3.56. The molecular formula is C16H24N4. The van der Waals surface area contributed by atoms with E-state index in [1.807, 2.05) is 6.20 Å². The first kappa shape index (κ1) is 13.6. The van der Waals surface area contributed by atoms with Gasteiger partial charge in [-0.05, 0) is 44.9 Å². The van der Waals surface area contributed by atoms with E-state index >= 15 is 0 Å². The number of hydrogen-bond acceptors (Lipinski definition) is 4. The summed E-state index contributed by atoms with van der Waals surface area (Å²) in [5.74, 6) is 0. The minimum atomic E-state index is -0.0448. The fraction of sp³-hybridized carbons (Fsp3) is 0.562. The Morgan fingerprint density at radius 2 is 2.40 bits per heavy atom. The second kappa shape index (κ2) is 5.54. The maximum atomic E-state index is 6.38. The predicted molar refractivity (Wildman–Crippen MR) is 83.6 cm³/mol. The van der Waals surface area contributed by atoms with E-state index in [0.29, 0.717) is 12.1 Å². The van der Waals surface area contributed by atoms with Crippen LogP contribution in [0.1, 0.15) is 37.4 Å². The SMILES string of the molecule is CCC(C1CCCN1)N1c2ccnc(C)c2C=CC1N. The van der Waals surface area contributed by atoms with Gasteiger partial charge in [0, 0.05) is 35.2 Å². The van der Waals surface area contributed by atoms with Crippen molar-refractivity contribution in [1.82, 2.24) is 10.3 Å². The molecule has 1 saturated heterocycles. The van der Waals surface area contributed by atoms with Crippen molar-refractivity contribution in [3.8, 4) is 0 Å². The van der Waals surface area contributed by atoms with Crippen molar-refractivity contribution in [2.45, 2.75) is 51.4 Å². The largest absolute Gasteiger partial charge is 0.348 e. The summed E-state index contributed by atoms with van der Waals surface area (Å²) in [6.45, 7) is 5.44. The second-order valence-corrected chi connectivity index (χ2v) is 5.76. The van der Waals surface area contributed by atoms with E-state index in [-0.39, 0.29) is 6.17 Å². The molecule has 4 heteroatoms. The minimum absolute atomic E-state index is 0.0448. The fourth-order valence-corrected chi connectivity index (χ4v) is 3.56. The van der Waals surface area contributed by atoms with Crippen LogP contribution in [0, 0.1) is 6.92 Å². The third-order valence-electron chi connectivity index (χ3n) is 4.56. The monoisotopic (exact) mass is 272 g/mol. The molecule has 0 radical (unpaired) electrons. The number of nitrogens with two attached hydrogens (primary N) is 1. The molecule has 1 aromatic heterocycles. The molecule has 0 amide bonds. The topological polar surface area (TPSA) is 54.2 Å². The summed E-state index contributed by atoms with van der Waals surface area (Å²) in [6.07, 6.45) is 9.66. The lowest BCUT2D eigenvalue weighted by molar-refractivity contribution is 0.423. The lowest BCUT2D eigenvalue weighted by Crippen LogP contribution is -2.55. The van der Waals surface area contributed by atoms with Crippen LogP contribution in [0.15, 0.2) is 18.3 Å². The first-order chi connectivity index (χ1) is 9.72. The van der Waals surface area contributed by atoms with Gasteiger partial charge in [-0.1, -0.05) is 13.0 Å². The third-order valence-corrected chi connectivity index (χ3v) is 4.56. The Labute approximate surface area is 121 Å². The molecule has 0 aromatic carbocycles. The zero-order chi connectivity index (χ0) is 14.1. The van der Waals surface area contributed by atoms with E-state index in [1.165, 1.54) is 24.1 Å². The van der Waals surface area contributed by atoms with Crippen LogP contribution < -0.4 is 16.0 Å². The van der Waals surface area contributed by atoms with E-state index in [0.717, 1.165) is 18.7 Å². The molecule has 3 N–H and O–H groups in total. The van der Waals surface area contributed by atoms with Crippen molar-refractivity contribution in [3.05, 3.63) is 29.6 Å². The highest BCUT2D eigenvalue weighted by atomic mass is 15.3. The lowest BCUT2D eigenvalue weighted by Gasteiger charge is -2.42. The van der Waals surface area contributed by atoms with Gasteiger partial charge < -0.3 is 16.0 Å². The number of rotatable bonds is 3. The number of pyridine rings is 1. The van der Waals surface area contributed by atoms with Crippen LogP contribution in [0.2, 0.25) is 0 Å². The molecule has 0 saturated carbocycles. The Morgan fingerprint density at radius 1 is 1.55 bits per heavy atom. The molecule has 0 aliphatic carbocycles. The molecule has 0 spiro atoms. The number of aryl methyl sites for hydroxylation is 1. The highest BCUT2D eigenvalue weighted by molar-refractivity contribution is 5.73. The molecule has 3 heterocycles. The molecule has 2 aliphatic rings. The third kappa shape index (κ3) is 2.23. The van der Waals surface area contributed by atoms with E-state index in [2.05, 4.69) is 47.3 Å². The summed E-state index contributed by atoms with van der Waals surface area (Å²) in [5.41, 5.74) is 9.90. The summed E-state index contributed by atoms with van der Waals surface area (Å²) >= 11 is 0. The molecule has 1 fully saturated rings. The van der Waals surface area contributed by atoms with Gasteiger partial charge in [-0.2, -0.15) is 0 Å². The summed E-state index contributed by atoms with van der Waals surface area (Å²) in [6, 6.07) is 3.08. The van der Waals surface area contributed by atoms with Gasteiger partial charge in [0.2, 0.25) is 0 Å². The standard InChI is InChI=1S/C16H24N4/c1-3-14(13-5-4-9-19-13)20-15-8-10-18-11(2)12(15)6-7-16(20)17/h6-8,10,13-14,16,19H,3-5,9,17H2,1-2H3. The Morgan fingerprint density at radius 3 is 3.10 bits per heavy atom. The van der Waals surface area contributed by atoms with Crippen LogP contribution in [0.4, 0.5) is 5.69 Å². The van der Waals surface area contributed by atoms with Crippen LogP contribution in [0.5, 0.6) is 0 Å². The molecule has 20 heavy (non-hydrogen) atoms. The van der Waals surface area contributed by atoms with Gasteiger partial charge >= 0.3 is 0 Å². The summed E-state index contributed by atoms with van der Waals surface area (Å²) in [4.78, 5) is 6.78. The molecule has 3 unspecified atom stereocenters.